The van der Waals surface area contributed by atoms with Crippen LogP contribution in [0.2, 0.25) is 0 Å². The van der Waals surface area contributed by atoms with Gasteiger partial charge in [-0.3, -0.25) is 4.79 Å². The summed E-state index contributed by atoms with van der Waals surface area (Å²) >= 11 is 0. The molecule has 0 unspecified atom stereocenters. The Morgan fingerprint density at radius 2 is 2.11 bits per heavy atom. The molecule has 6 heteroatoms. The predicted molar refractivity (Wildman–Crippen MR) is 69.4 cm³/mol. The van der Waals surface area contributed by atoms with Crippen molar-refractivity contribution in [1.82, 2.24) is 4.57 Å². The van der Waals surface area contributed by atoms with Crippen LogP contribution in [0.3, 0.4) is 0 Å². The number of carboxylic acids is 1. The second-order valence-corrected chi connectivity index (χ2v) is 4.19. The lowest BCUT2D eigenvalue weighted by molar-refractivity contribution is -0.118. The lowest BCUT2D eigenvalue weighted by atomic mass is 10.1. The van der Waals surface area contributed by atoms with Gasteiger partial charge in [-0.2, -0.15) is 0 Å². The highest BCUT2D eigenvalue weighted by Gasteiger charge is 2.22. The quantitative estimate of drug-likeness (QED) is 0.863. The number of nitrogens with two attached hydrogens (primary N) is 1. The second kappa shape index (κ2) is 4.64. The zero-order chi connectivity index (χ0) is 14.2. The lowest BCUT2D eigenvalue weighted by Crippen LogP contribution is -2.21. The van der Waals surface area contributed by atoms with Crippen LogP contribution in [0.5, 0.6) is 5.75 Å². The van der Waals surface area contributed by atoms with Crippen LogP contribution in [-0.2, 0) is 11.3 Å². The van der Waals surface area contributed by atoms with Crippen molar-refractivity contribution in [2.45, 2.75) is 13.5 Å². The van der Waals surface area contributed by atoms with Gasteiger partial charge in [0.05, 0.1) is 12.6 Å². The number of carboxylic acid groups (broad SMARTS) is 1. The minimum atomic E-state index is -1.10. The first-order valence-electron chi connectivity index (χ1n) is 5.64. The summed E-state index contributed by atoms with van der Waals surface area (Å²) in [6.07, 6.45) is 0. The van der Waals surface area contributed by atoms with E-state index in [4.69, 9.17) is 10.5 Å². The zero-order valence-electron chi connectivity index (χ0n) is 10.6. The minimum absolute atomic E-state index is 0.0540. The molecule has 1 aromatic carbocycles. The van der Waals surface area contributed by atoms with Gasteiger partial charge in [0.2, 0.25) is 5.91 Å². The molecule has 0 aliphatic heterocycles. The van der Waals surface area contributed by atoms with E-state index in [-0.39, 0.29) is 12.2 Å². The number of nitrogens with zero attached hydrogens (tertiary/aromatic N) is 1. The van der Waals surface area contributed by atoms with Crippen molar-refractivity contribution in [2.24, 2.45) is 5.73 Å². The third-order valence-electron chi connectivity index (χ3n) is 3.03. The van der Waals surface area contributed by atoms with Gasteiger partial charge in [-0.1, -0.05) is 12.1 Å². The summed E-state index contributed by atoms with van der Waals surface area (Å²) in [5.41, 5.74) is 6.40. The van der Waals surface area contributed by atoms with Gasteiger partial charge in [0, 0.05) is 5.39 Å². The summed E-state index contributed by atoms with van der Waals surface area (Å²) in [5, 5.41) is 10.0. The van der Waals surface area contributed by atoms with Gasteiger partial charge < -0.3 is 20.1 Å². The number of hydrogen-bond acceptors (Lipinski definition) is 3. The Bertz CT molecular complexity index is 673. The van der Waals surface area contributed by atoms with Gasteiger partial charge in [-0.25, -0.2) is 4.79 Å². The summed E-state index contributed by atoms with van der Waals surface area (Å²) in [7, 11) is 1.49. The molecule has 1 aromatic heterocycles. The molecule has 100 valence electrons. The van der Waals surface area contributed by atoms with Crippen LogP contribution in [0, 0.1) is 6.92 Å². The number of hydrogen-bond donors (Lipinski definition) is 2. The first kappa shape index (κ1) is 12.9. The van der Waals surface area contributed by atoms with Crippen LogP contribution in [0.15, 0.2) is 18.2 Å². The van der Waals surface area contributed by atoms with Gasteiger partial charge in [-0.05, 0) is 18.6 Å². The van der Waals surface area contributed by atoms with E-state index in [2.05, 4.69) is 0 Å². The molecule has 0 spiro atoms. The Balaban J connectivity index is 2.89. The van der Waals surface area contributed by atoms with Crippen molar-refractivity contribution >= 4 is 22.8 Å². The Labute approximate surface area is 109 Å². The number of rotatable bonds is 4. The van der Waals surface area contributed by atoms with Gasteiger partial charge in [-0.15, -0.1) is 0 Å². The molecule has 0 radical (unpaired) electrons. The number of carbonyl (C=O) groups is 2. The molecule has 1 amide bonds. The molecule has 0 bridgehead atoms. The SMILES string of the molecule is COc1cccc2c(C)c(C(=O)O)n(CC(N)=O)c12. The lowest BCUT2D eigenvalue weighted by Gasteiger charge is -2.08. The fourth-order valence-corrected chi connectivity index (χ4v) is 2.30. The van der Waals surface area contributed by atoms with Crippen LogP contribution >= 0.6 is 0 Å². The molecule has 0 saturated carbocycles. The predicted octanol–water partition coefficient (Wildman–Crippen LogP) is 1.14. The zero-order valence-corrected chi connectivity index (χ0v) is 10.6. The maximum atomic E-state index is 11.4. The fourth-order valence-electron chi connectivity index (χ4n) is 2.30. The van der Waals surface area contributed by atoms with E-state index in [0.717, 1.165) is 5.39 Å². The van der Waals surface area contributed by atoms with Crippen LogP contribution in [0.1, 0.15) is 16.1 Å². The van der Waals surface area contributed by atoms with Crippen LogP contribution in [0.4, 0.5) is 0 Å². The number of methoxy groups -OCH3 is 1. The first-order valence-corrected chi connectivity index (χ1v) is 5.64. The Kier molecular flexibility index (Phi) is 3.16. The Hall–Kier alpha value is -2.50. The number of amides is 1. The maximum absolute atomic E-state index is 11.4. The maximum Gasteiger partial charge on any atom is 0.352 e. The molecule has 0 atom stereocenters. The van der Waals surface area contributed by atoms with Gasteiger partial charge in [0.1, 0.15) is 18.0 Å². The van der Waals surface area contributed by atoms with E-state index in [0.29, 0.717) is 16.8 Å². The molecule has 0 saturated heterocycles. The van der Waals surface area contributed by atoms with Crippen molar-refractivity contribution in [3.63, 3.8) is 0 Å². The third kappa shape index (κ3) is 2.01. The van der Waals surface area contributed by atoms with Crippen molar-refractivity contribution in [1.29, 1.82) is 0 Å². The topological polar surface area (TPSA) is 94.6 Å². The second-order valence-electron chi connectivity index (χ2n) is 4.19. The van der Waals surface area contributed by atoms with E-state index in [1.54, 1.807) is 25.1 Å². The molecule has 0 aliphatic carbocycles. The number of aryl methyl sites for hydroxylation is 1. The Morgan fingerprint density at radius 3 is 2.63 bits per heavy atom. The number of para-hydroxylation sites is 1. The van der Waals surface area contributed by atoms with E-state index in [1.807, 2.05) is 0 Å². The fraction of sp³-hybridized carbons (Fsp3) is 0.231. The van der Waals surface area contributed by atoms with Crippen molar-refractivity contribution in [3.05, 3.63) is 29.5 Å². The van der Waals surface area contributed by atoms with E-state index < -0.39 is 11.9 Å². The largest absolute Gasteiger partial charge is 0.495 e. The van der Waals surface area contributed by atoms with E-state index in [1.165, 1.54) is 11.7 Å². The van der Waals surface area contributed by atoms with Crippen molar-refractivity contribution in [3.8, 4) is 5.75 Å². The number of aromatic carboxylic acids is 1. The molecule has 2 rings (SSSR count). The summed E-state index contributed by atoms with van der Waals surface area (Å²) in [6.45, 7) is 1.50. The summed E-state index contributed by atoms with van der Waals surface area (Å²) in [5.74, 6) is -1.20. The van der Waals surface area contributed by atoms with Gasteiger partial charge in [0.25, 0.3) is 0 Å². The monoisotopic (exact) mass is 262 g/mol. The van der Waals surface area contributed by atoms with E-state index >= 15 is 0 Å². The van der Waals surface area contributed by atoms with E-state index in [9.17, 15) is 14.7 Å². The first-order chi connectivity index (χ1) is 8.97. The highest BCUT2D eigenvalue weighted by atomic mass is 16.5. The number of fused-ring (bicyclic) bond motifs is 1. The summed E-state index contributed by atoms with van der Waals surface area (Å²) in [6, 6.07) is 5.27. The molecular weight excluding hydrogens is 248 g/mol. The normalized spacial score (nSPS) is 10.6. The molecule has 0 fully saturated rings. The molecule has 1 heterocycles. The third-order valence-corrected chi connectivity index (χ3v) is 3.03. The summed E-state index contributed by atoms with van der Waals surface area (Å²) < 4.78 is 6.61. The number of carbonyl (C=O) groups excluding carboxylic acids is 1. The van der Waals surface area contributed by atoms with Gasteiger partial charge in [0.15, 0.2) is 0 Å². The van der Waals surface area contributed by atoms with Crippen LogP contribution in [-0.4, -0.2) is 28.7 Å². The number of ether oxygens (including phenoxy) is 1. The smallest absolute Gasteiger partial charge is 0.352 e. The summed E-state index contributed by atoms with van der Waals surface area (Å²) in [4.78, 5) is 22.5. The molecule has 3 N–H and O–H groups in total. The average molecular weight is 262 g/mol. The minimum Gasteiger partial charge on any atom is -0.495 e. The number of aromatic nitrogens is 1. The number of primary amides is 1. The highest BCUT2D eigenvalue weighted by Crippen LogP contribution is 2.32. The molecule has 19 heavy (non-hydrogen) atoms. The van der Waals surface area contributed by atoms with Crippen molar-refractivity contribution in [2.75, 3.05) is 7.11 Å². The molecular formula is C13H14N2O4. The van der Waals surface area contributed by atoms with Gasteiger partial charge >= 0.3 is 5.97 Å². The Morgan fingerprint density at radius 1 is 1.42 bits per heavy atom. The molecule has 6 nitrogen and oxygen atoms in total. The highest BCUT2D eigenvalue weighted by molar-refractivity contribution is 6.01. The molecule has 2 aromatic rings. The van der Waals surface area contributed by atoms with Crippen molar-refractivity contribution < 1.29 is 19.4 Å². The van der Waals surface area contributed by atoms with Crippen LogP contribution < -0.4 is 10.5 Å². The number of benzene rings is 1. The molecule has 0 aliphatic rings. The standard InChI is InChI=1S/C13H14N2O4/c1-7-8-4-3-5-9(19-2)12(8)15(6-10(14)16)11(7)13(17)18/h3-5H,6H2,1-2H3,(H2,14,16)(H,17,18). The average Bonchev–Trinajstić information content (AvgIpc) is 2.62. The van der Waals surface area contributed by atoms with Crippen LogP contribution in [0.25, 0.3) is 10.9 Å².